The lowest BCUT2D eigenvalue weighted by molar-refractivity contribution is -0.138. The largest absolute Gasteiger partial charge is 0.508 e. The first-order chi connectivity index (χ1) is 28.3. The van der Waals surface area contributed by atoms with Crippen LogP contribution in [0.5, 0.6) is 5.75 Å². The molecular weight excluding hydrogens is 745 g/mol. The summed E-state index contributed by atoms with van der Waals surface area (Å²) in [5.41, 5.74) is 3.97. The number of aryl methyl sites for hydroxylation is 1. The summed E-state index contributed by atoms with van der Waals surface area (Å²) >= 11 is 0. The van der Waals surface area contributed by atoms with E-state index in [-0.39, 0.29) is 62.1 Å². The normalized spacial score (nSPS) is 23.8. The number of carboxylic acids is 1. The average Bonchev–Trinajstić information content (AvgIpc) is 3.36. The molecule has 2 aromatic rings. The number of allylic oxidation sites excluding steroid dienone is 2. The smallest absolute Gasteiger partial charge is 0.303 e. The molecule has 0 aliphatic carbocycles. The van der Waals surface area contributed by atoms with Crippen molar-refractivity contribution in [3.05, 3.63) is 88.0 Å². The molecule has 0 bridgehead atoms. The van der Waals surface area contributed by atoms with Gasteiger partial charge in [-0.3, -0.25) is 4.79 Å². The maximum Gasteiger partial charge on any atom is 0.303 e. The summed E-state index contributed by atoms with van der Waals surface area (Å²) in [7, 11) is 0. The fourth-order valence-corrected chi connectivity index (χ4v) is 8.98. The molecule has 2 aliphatic heterocycles. The Morgan fingerprint density at radius 2 is 1.81 bits per heavy atom. The summed E-state index contributed by atoms with van der Waals surface area (Å²) in [6.07, 6.45) is 13.0. The Labute approximate surface area is 352 Å². The molecule has 2 heterocycles. The summed E-state index contributed by atoms with van der Waals surface area (Å²) in [5.74, 6) is 6.07. The van der Waals surface area contributed by atoms with Gasteiger partial charge in [0.15, 0.2) is 0 Å². The summed E-state index contributed by atoms with van der Waals surface area (Å²) in [5, 5.41) is 82.6. The number of rotatable bonds is 20. The standard InChI is InChI=1S/C49H72N2O8/c1-4-5-6-17-41(54)25-23-37-22-21-36-14-8-7-13-35(36)15-10-20-47(49(3,59)32-40-24-26-42(55)29-38(40)27-28-52)51-46(44(37)31-43(56)33-53)19-11-18-45-39(30-48(57)58)16-9-12-34(2)50-45/h7-8,13-14,23-26,29,34,39,41,43,45-47,50-56,59H,4-6,9,11-12,16-22,27-28,30-33H2,1-3H3,(H,57,58). The number of carboxylic acid groups (broad SMARTS) is 1. The Morgan fingerprint density at radius 1 is 1.02 bits per heavy atom. The Bertz CT molecular complexity index is 1730. The van der Waals surface area contributed by atoms with Gasteiger partial charge in [0.1, 0.15) is 5.75 Å². The second kappa shape index (κ2) is 24.7. The summed E-state index contributed by atoms with van der Waals surface area (Å²) in [6, 6.07) is 12.3. The van der Waals surface area contributed by atoms with Crippen LogP contribution in [0.4, 0.5) is 0 Å². The minimum absolute atomic E-state index is 0.00267. The van der Waals surface area contributed by atoms with Crippen LogP contribution in [0.15, 0.2) is 65.8 Å². The molecule has 0 spiro atoms. The van der Waals surface area contributed by atoms with Gasteiger partial charge in [-0.05, 0) is 124 Å². The maximum atomic E-state index is 12.6. The molecule has 9 N–H and O–H groups in total. The summed E-state index contributed by atoms with van der Waals surface area (Å²) in [6.45, 7) is 5.53. The van der Waals surface area contributed by atoms with Crippen molar-refractivity contribution in [3.63, 3.8) is 0 Å². The zero-order valence-electron chi connectivity index (χ0n) is 35.7. The molecule has 8 unspecified atom stereocenters. The van der Waals surface area contributed by atoms with E-state index in [4.69, 9.17) is 0 Å². The third-order valence-electron chi connectivity index (χ3n) is 12.3. The summed E-state index contributed by atoms with van der Waals surface area (Å²) < 4.78 is 0. The Morgan fingerprint density at radius 3 is 2.56 bits per heavy atom. The number of aliphatic hydroxyl groups is 5. The molecule has 1 saturated heterocycles. The van der Waals surface area contributed by atoms with Crippen molar-refractivity contribution in [1.29, 1.82) is 0 Å². The van der Waals surface area contributed by atoms with E-state index in [1.54, 1.807) is 25.1 Å². The molecule has 10 nitrogen and oxygen atoms in total. The highest BCUT2D eigenvalue weighted by molar-refractivity contribution is 5.67. The van der Waals surface area contributed by atoms with Crippen LogP contribution in [0, 0.1) is 17.8 Å². The highest BCUT2D eigenvalue weighted by Crippen LogP contribution is 2.32. The molecule has 4 rings (SSSR count). The first-order valence-corrected chi connectivity index (χ1v) is 22.1. The van der Waals surface area contributed by atoms with Gasteiger partial charge in [-0.2, -0.15) is 0 Å². The van der Waals surface area contributed by atoms with Gasteiger partial charge in [-0.15, -0.1) is 0 Å². The van der Waals surface area contributed by atoms with Crippen molar-refractivity contribution in [2.24, 2.45) is 5.92 Å². The third kappa shape index (κ3) is 15.8. The van der Waals surface area contributed by atoms with Crippen LogP contribution in [0.2, 0.25) is 0 Å². The number of unbranched alkanes of at least 4 members (excludes halogenated alkanes) is 2. The number of nitrogens with one attached hydrogen (secondary N) is 2. The predicted octanol–water partition coefficient (Wildman–Crippen LogP) is 6.26. The van der Waals surface area contributed by atoms with Gasteiger partial charge in [-0.25, -0.2) is 0 Å². The number of fused-ring (bicyclic) bond motifs is 1. The molecule has 59 heavy (non-hydrogen) atoms. The van der Waals surface area contributed by atoms with Crippen LogP contribution in [0.3, 0.4) is 0 Å². The van der Waals surface area contributed by atoms with E-state index in [1.807, 2.05) is 30.4 Å². The van der Waals surface area contributed by atoms with Crippen molar-refractivity contribution < 1.29 is 40.5 Å². The number of aromatic hydroxyl groups is 1. The lowest BCUT2D eigenvalue weighted by atomic mass is 9.82. The lowest BCUT2D eigenvalue weighted by Gasteiger charge is -2.38. The second-order valence-electron chi connectivity index (χ2n) is 17.3. The molecule has 8 atom stereocenters. The number of aliphatic carboxylic acids is 1. The van der Waals surface area contributed by atoms with Crippen LogP contribution >= 0.6 is 0 Å². The Balaban J connectivity index is 1.84. The van der Waals surface area contributed by atoms with E-state index < -0.39 is 36.4 Å². The number of aliphatic hydroxyl groups excluding tert-OH is 4. The van der Waals surface area contributed by atoms with Gasteiger partial charge in [-0.1, -0.05) is 87.3 Å². The average molecular weight is 817 g/mol. The minimum atomic E-state index is -1.38. The molecule has 2 aromatic carbocycles. The number of carbonyl (C=O) groups is 1. The van der Waals surface area contributed by atoms with Gasteiger partial charge in [0.05, 0.1) is 24.4 Å². The minimum Gasteiger partial charge on any atom is -0.508 e. The van der Waals surface area contributed by atoms with Gasteiger partial charge in [0.2, 0.25) is 0 Å². The van der Waals surface area contributed by atoms with Crippen LogP contribution < -0.4 is 10.6 Å². The van der Waals surface area contributed by atoms with Crippen molar-refractivity contribution in [2.75, 3.05) is 13.2 Å². The van der Waals surface area contributed by atoms with Crippen LogP contribution in [0.25, 0.3) is 0 Å². The first kappa shape index (κ1) is 48.1. The highest BCUT2D eigenvalue weighted by Gasteiger charge is 2.36. The SMILES string of the molecule is CCCCCC(O)C=CC1=C(CC(O)CO)C(CCCC2NC(C)CCCC2CC(=O)O)NC(C(C)(O)Cc2ccc(O)cc2CCO)CC#Cc2ccccc2CC1. The van der Waals surface area contributed by atoms with Crippen molar-refractivity contribution in [1.82, 2.24) is 10.6 Å². The molecule has 0 saturated carbocycles. The number of phenolic OH excluding ortho intramolecular Hbond substituents is 1. The topological polar surface area (TPSA) is 183 Å². The van der Waals surface area contributed by atoms with Gasteiger partial charge in [0, 0.05) is 55.6 Å². The van der Waals surface area contributed by atoms with E-state index in [2.05, 4.69) is 42.4 Å². The zero-order valence-corrected chi connectivity index (χ0v) is 35.7. The lowest BCUT2D eigenvalue weighted by Crippen LogP contribution is -2.54. The maximum absolute atomic E-state index is 12.6. The van der Waals surface area contributed by atoms with Crippen molar-refractivity contribution in [3.8, 4) is 17.6 Å². The molecule has 0 aromatic heterocycles. The number of phenols is 1. The monoisotopic (exact) mass is 817 g/mol. The number of benzene rings is 2. The van der Waals surface area contributed by atoms with E-state index in [0.29, 0.717) is 32.1 Å². The van der Waals surface area contributed by atoms with E-state index >= 15 is 0 Å². The highest BCUT2D eigenvalue weighted by atomic mass is 16.4. The Hall–Kier alpha value is -3.53. The van der Waals surface area contributed by atoms with Gasteiger partial charge < -0.3 is 46.4 Å². The second-order valence-corrected chi connectivity index (χ2v) is 17.3. The van der Waals surface area contributed by atoms with Gasteiger partial charge >= 0.3 is 5.97 Å². The fourth-order valence-electron chi connectivity index (χ4n) is 8.98. The molecule has 0 amide bonds. The van der Waals surface area contributed by atoms with E-state index in [9.17, 15) is 40.5 Å². The molecule has 0 radical (unpaired) electrons. The molecule has 1 fully saturated rings. The Kier molecular flexibility index (Phi) is 20.1. The number of hydrogen-bond acceptors (Lipinski definition) is 9. The van der Waals surface area contributed by atoms with Crippen LogP contribution in [0.1, 0.15) is 133 Å². The summed E-state index contributed by atoms with van der Waals surface area (Å²) in [4.78, 5) is 11.9. The molecule has 10 heteroatoms. The molecular formula is C49H72N2O8. The van der Waals surface area contributed by atoms with Crippen molar-refractivity contribution >= 4 is 5.97 Å². The third-order valence-corrected chi connectivity index (χ3v) is 12.3. The molecule has 2 aliphatic rings. The first-order valence-electron chi connectivity index (χ1n) is 22.1. The van der Waals surface area contributed by atoms with E-state index in [0.717, 1.165) is 84.8 Å². The van der Waals surface area contributed by atoms with Gasteiger partial charge in [0.25, 0.3) is 0 Å². The predicted molar refractivity (Wildman–Crippen MR) is 234 cm³/mol. The molecule has 326 valence electrons. The van der Waals surface area contributed by atoms with Crippen molar-refractivity contribution in [2.45, 2.75) is 172 Å². The fraction of sp³-hybridized carbons (Fsp3) is 0.612. The number of hydrogen-bond donors (Lipinski definition) is 9. The van der Waals surface area contributed by atoms with Crippen LogP contribution in [-0.2, 0) is 24.1 Å². The van der Waals surface area contributed by atoms with E-state index in [1.165, 1.54) is 0 Å². The zero-order chi connectivity index (χ0) is 42.8. The van der Waals surface area contributed by atoms with Crippen LogP contribution in [-0.4, -0.2) is 96.9 Å². The quantitative estimate of drug-likeness (QED) is 0.0546.